The summed E-state index contributed by atoms with van der Waals surface area (Å²) in [6.45, 7) is 5.51. The molecule has 0 bridgehead atoms. The highest BCUT2D eigenvalue weighted by Gasteiger charge is 2.40. The van der Waals surface area contributed by atoms with Crippen LogP contribution in [-0.2, 0) is 14.2 Å². The summed E-state index contributed by atoms with van der Waals surface area (Å²) < 4.78 is 18.7. The van der Waals surface area contributed by atoms with E-state index >= 15 is 0 Å². The highest BCUT2D eigenvalue weighted by Crippen LogP contribution is 2.32. The Morgan fingerprint density at radius 3 is 2.17 bits per heavy atom. The van der Waals surface area contributed by atoms with Crippen LogP contribution in [0.1, 0.15) is 50.1 Å². The number of carbonyl (C=O) groups is 2. The zero-order chi connectivity index (χ0) is 28.4. The summed E-state index contributed by atoms with van der Waals surface area (Å²) in [7, 11) is 0. The number of thiophene rings is 1. The maximum absolute atomic E-state index is 13.0. The van der Waals surface area contributed by atoms with Gasteiger partial charge in [0.25, 0.3) is 5.56 Å². The molecule has 3 atom stereocenters. The van der Waals surface area contributed by atoms with Crippen LogP contribution in [0.5, 0.6) is 0 Å². The second-order valence-electron chi connectivity index (χ2n) is 9.78. The molecule has 2 aromatic carbocycles. The third-order valence-corrected chi connectivity index (χ3v) is 7.83. The molecule has 1 aliphatic rings. The number of hydrogen-bond donors (Lipinski definition) is 1. The molecule has 40 heavy (non-hydrogen) atoms. The summed E-state index contributed by atoms with van der Waals surface area (Å²) >= 11 is 1.39. The summed E-state index contributed by atoms with van der Waals surface area (Å²) in [6.07, 6.45) is -0.971. The number of rotatable bonds is 7. The lowest BCUT2D eigenvalue weighted by Crippen LogP contribution is -2.33. The van der Waals surface area contributed by atoms with Crippen LogP contribution >= 0.6 is 11.3 Å². The molecule has 10 heteroatoms. The Bertz CT molecular complexity index is 1650. The van der Waals surface area contributed by atoms with Gasteiger partial charge in [-0.1, -0.05) is 35.4 Å². The molecule has 0 radical (unpaired) electrons. The first-order chi connectivity index (χ1) is 19.2. The number of nitrogens with one attached hydrogen (secondary N) is 1. The molecule has 1 aliphatic heterocycles. The first-order valence-corrected chi connectivity index (χ1v) is 13.6. The quantitative estimate of drug-likeness (QED) is 0.329. The topological polar surface area (TPSA) is 117 Å². The lowest BCUT2D eigenvalue weighted by Gasteiger charge is -2.19. The Morgan fingerprint density at radius 2 is 1.57 bits per heavy atom. The van der Waals surface area contributed by atoms with Crippen molar-refractivity contribution in [2.75, 3.05) is 6.61 Å². The number of ether oxygens (including phenoxy) is 3. The fraction of sp³-hybridized carbons (Fsp3) is 0.267. The second-order valence-corrected chi connectivity index (χ2v) is 10.7. The highest BCUT2D eigenvalue weighted by molar-refractivity contribution is 7.13. The predicted octanol–water partition coefficient (Wildman–Crippen LogP) is 4.56. The van der Waals surface area contributed by atoms with Gasteiger partial charge in [0.15, 0.2) is 0 Å². The number of esters is 2. The number of carbonyl (C=O) groups excluding carboxylic acids is 2. The van der Waals surface area contributed by atoms with Crippen LogP contribution < -0.4 is 11.2 Å². The maximum atomic E-state index is 13.0. The van der Waals surface area contributed by atoms with Crippen molar-refractivity contribution < 1.29 is 23.8 Å². The van der Waals surface area contributed by atoms with E-state index in [0.29, 0.717) is 16.7 Å². The third kappa shape index (κ3) is 5.83. The zero-order valence-electron chi connectivity index (χ0n) is 22.2. The Kier molecular flexibility index (Phi) is 7.81. The standard InChI is InChI=1S/C30H28N2O7S/c1-17-4-8-20(9-5-17)28(34)37-16-24-23(39-29(35)21-10-6-18(2)7-11-21)14-25(38-24)32-15-22(27(33)31-30(32)36)26-19(3)12-13-40-26/h4-13,15,23-25H,14,16H2,1-3H3,(H,31,33,36)/t23-,24+,25-/m0/s1. The van der Waals surface area contributed by atoms with E-state index in [1.807, 2.05) is 32.2 Å². The van der Waals surface area contributed by atoms with Gasteiger partial charge in [-0.3, -0.25) is 14.3 Å². The van der Waals surface area contributed by atoms with Crippen molar-refractivity contribution in [2.24, 2.45) is 0 Å². The summed E-state index contributed by atoms with van der Waals surface area (Å²) in [5.41, 5.74) is 2.81. The Hall–Kier alpha value is -4.28. The van der Waals surface area contributed by atoms with Gasteiger partial charge in [-0.2, -0.15) is 0 Å². The Labute approximate surface area is 234 Å². The van der Waals surface area contributed by atoms with E-state index in [9.17, 15) is 19.2 Å². The normalized spacial score (nSPS) is 18.4. The fourth-order valence-corrected chi connectivity index (χ4v) is 5.42. The van der Waals surface area contributed by atoms with E-state index in [2.05, 4.69) is 4.98 Å². The van der Waals surface area contributed by atoms with Crippen molar-refractivity contribution in [3.8, 4) is 10.4 Å². The summed E-state index contributed by atoms with van der Waals surface area (Å²) in [5.74, 6) is -1.11. The van der Waals surface area contributed by atoms with E-state index in [0.717, 1.165) is 21.6 Å². The molecule has 0 saturated carbocycles. The minimum atomic E-state index is -0.873. The van der Waals surface area contributed by atoms with Crippen molar-refractivity contribution in [3.63, 3.8) is 0 Å². The molecule has 9 nitrogen and oxygen atoms in total. The lowest BCUT2D eigenvalue weighted by molar-refractivity contribution is -0.0582. The second kappa shape index (κ2) is 11.4. The fourth-order valence-electron chi connectivity index (χ4n) is 4.48. The molecular weight excluding hydrogens is 532 g/mol. The number of aromatic nitrogens is 2. The molecule has 2 aromatic heterocycles. The van der Waals surface area contributed by atoms with Gasteiger partial charge in [0.05, 0.1) is 16.7 Å². The zero-order valence-corrected chi connectivity index (χ0v) is 23.0. The van der Waals surface area contributed by atoms with Crippen LogP contribution in [0.25, 0.3) is 10.4 Å². The molecule has 1 fully saturated rings. The third-order valence-electron chi connectivity index (χ3n) is 6.78. The molecule has 0 spiro atoms. The molecule has 0 amide bonds. The minimum absolute atomic E-state index is 0.110. The molecule has 3 heterocycles. The number of hydrogen-bond acceptors (Lipinski definition) is 8. The van der Waals surface area contributed by atoms with Crippen LogP contribution in [0.15, 0.2) is 75.8 Å². The van der Waals surface area contributed by atoms with Crippen LogP contribution in [0.3, 0.4) is 0 Å². The van der Waals surface area contributed by atoms with E-state index in [1.54, 1.807) is 48.5 Å². The number of nitrogens with zero attached hydrogens (tertiary/aromatic N) is 1. The SMILES string of the molecule is Cc1ccc(C(=O)OC[C@H]2O[C@H](n3cc(-c4sccc4C)c(=O)[nH]c3=O)C[C@@H]2OC(=O)c2ccc(C)cc2)cc1. The largest absolute Gasteiger partial charge is 0.459 e. The predicted molar refractivity (Wildman–Crippen MR) is 150 cm³/mol. The van der Waals surface area contributed by atoms with Gasteiger partial charge in [0, 0.05) is 17.5 Å². The smallest absolute Gasteiger partial charge is 0.338 e. The number of aromatic amines is 1. The van der Waals surface area contributed by atoms with Crippen molar-refractivity contribution in [1.29, 1.82) is 0 Å². The molecule has 1 saturated heterocycles. The Balaban J connectivity index is 1.40. The van der Waals surface area contributed by atoms with E-state index in [4.69, 9.17) is 14.2 Å². The van der Waals surface area contributed by atoms with Crippen LogP contribution in [-0.4, -0.2) is 40.3 Å². The summed E-state index contributed by atoms with van der Waals surface area (Å²) in [4.78, 5) is 54.2. The van der Waals surface area contributed by atoms with Gasteiger partial charge < -0.3 is 14.2 Å². The molecule has 0 aliphatic carbocycles. The van der Waals surface area contributed by atoms with Crippen molar-refractivity contribution >= 4 is 23.3 Å². The first-order valence-electron chi connectivity index (χ1n) is 12.8. The Morgan fingerprint density at radius 1 is 0.950 bits per heavy atom. The minimum Gasteiger partial charge on any atom is -0.459 e. The average molecular weight is 561 g/mol. The van der Waals surface area contributed by atoms with Gasteiger partial charge in [-0.25, -0.2) is 14.4 Å². The van der Waals surface area contributed by atoms with Gasteiger partial charge in [-0.05, 0) is 62.0 Å². The molecular formula is C30H28N2O7S. The summed E-state index contributed by atoms with van der Waals surface area (Å²) in [6, 6.07) is 15.8. The van der Waals surface area contributed by atoms with Gasteiger partial charge in [-0.15, -0.1) is 11.3 Å². The number of aryl methyl sites for hydroxylation is 3. The van der Waals surface area contributed by atoms with E-state index in [1.165, 1.54) is 22.1 Å². The van der Waals surface area contributed by atoms with Crippen molar-refractivity contribution in [3.05, 3.63) is 115 Å². The van der Waals surface area contributed by atoms with Crippen LogP contribution in [0.2, 0.25) is 0 Å². The highest BCUT2D eigenvalue weighted by atomic mass is 32.1. The van der Waals surface area contributed by atoms with Crippen molar-refractivity contribution in [2.45, 2.75) is 45.6 Å². The summed E-state index contributed by atoms with van der Waals surface area (Å²) in [5, 5.41) is 1.87. The molecule has 5 rings (SSSR count). The van der Waals surface area contributed by atoms with Gasteiger partial charge in [0.2, 0.25) is 0 Å². The molecule has 4 aromatic rings. The molecule has 1 N–H and O–H groups in total. The average Bonchev–Trinajstić information content (AvgIpc) is 3.53. The van der Waals surface area contributed by atoms with Gasteiger partial charge in [0.1, 0.15) is 25.0 Å². The molecule has 206 valence electrons. The number of benzene rings is 2. The van der Waals surface area contributed by atoms with E-state index in [-0.39, 0.29) is 13.0 Å². The van der Waals surface area contributed by atoms with Crippen LogP contribution in [0.4, 0.5) is 0 Å². The number of H-pyrrole nitrogens is 1. The van der Waals surface area contributed by atoms with Crippen molar-refractivity contribution in [1.82, 2.24) is 9.55 Å². The first kappa shape index (κ1) is 27.3. The van der Waals surface area contributed by atoms with E-state index < -0.39 is 41.6 Å². The molecule has 0 unspecified atom stereocenters. The van der Waals surface area contributed by atoms with Crippen LogP contribution in [0, 0.1) is 20.8 Å². The lowest BCUT2D eigenvalue weighted by atomic mass is 10.1. The monoisotopic (exact) mass is 560 g/mol. The van der Waals surface area contributed by atoms with Gasteiger partial charge >= 0.3 is 17.6 Å². The maximum Gasteiger partial charge on any atom is 0.338 e.